The average molecular weight is 285 g/mol. The third-order valence-corrected chi connectivity index (χ3v) is 3.79. The lowest BCUT2D eigenvalue weighted by atomic mass is 10.1. The molecule has 2 amide bonds. The third-order valence-electron chi connectivity index (χ3n) is 3.79. The molecule has 1 aromatic carbocycles. The lowest BCUT2D eigenvalue weighted by Gasteiger charge is -2.13. The van der Waals surface area contributed by atoms with Crippen LogP contribution in [0.4, 0.5) is 0 Å². The molecule has 2 aromatic rings. The second-order valence-electron chi connectivity index (χ2n) is 5.15. The van der Waals surface area contributed by atoms with Crippen molar-refractivity contribution in [3.05, 3.63) is 46.4 Å². The number of amides is 2. The Labute approximate surface area is 120 Å². The van der Waals surface area contributed by atoms with E-state index in [9.17, 15) is 14.4 Å². The van der Waals surface area contributed by atoms with Crippen molar-refractivity contribution in [3.63, 3.8) is 0 Å². The number of pyridine rings is 1. The normalized spacial score (nSPS) is 18.2. The number of fused-ring (bicyclic) bond motifs is 1. The number of aromatic amines is 1. The summed E-state index contributed by atoms with van der Waals surface area (Å²) in [7, 11) is 1.71. The summed E-state index contributed by atoms with van der Waals surface area (Å²) in [5.74, 6) is -0.437. The number of nitrogens with zero attached hydrogens (tertiary/aromatic N) is 1. The zero-order valence-corrected chi connectivity index (χ0v) is 11.6. The van der Waals surface area contributed by atoms with Gasteiger partial charge in [-0.1, -0.05) is 18.2 Å². The predicted octanol–water partition coefficient (Wildman–Crippen LogP) is 0.489. The van der Waals surface area contributed by atoms with Gasteiger partial charge in [-0.05, 0) is 12.5 Å². The van der Waals surface area contributed by atoms with Gasteiger partial charge in [-0.2, -0.15) is 0 Å². The van der Waals surface area contributed by atoms with Crippen LogP contribution >= 0.6 is 0 Å². The first-order valence-corrected chi connectivity index (χ1v) is 6.74. The van der Waals surface area contributed by atoms with Crippen molar-refractivity contribution in [3.8, 4) is 0 Å². The van der Waals surface area contributed by atoms with Crippen molar-refractivity contribution in [2.45, 2.75) is 12.5 Å². The highest BCUT2D eigenvalue weighted by molar-refractivity contribution is 6.07. The van der Waals surface area contributed by atoms with E-state index in [0.29, 0.717) is 29.3 Å². The molecule has 0 unspecified atom stereocenters. The van der Waals surface area contributed by atoms with Crippen LogP contribution in [0, 0.1) is 0 Å². The minimum atomic E-state index is -0.492. The van der Waals surface area contributed by atoms with Gasteiger partial charge in [0.1, 0.15) is 6.04 Å². The number of hydrogen-bond donors (Lipinski definition) is 2. The Morgan fingerprint density at radius 1 is 1.29 bits per heavy atom. The summed E-state index contributed by atoms with van der Waals surface area (Å²) in [4.78, 5) is 40.1. The van der Waals surface area contributed by atoms with Gasteiger partial charge in [0.2, 0.25) is 5.91 Å². The molecular weight excluding hydrogens is 270 g/mol. The summed E-state index contributed by atoms with van der Waals surface area (Å²) in [5, 5.41) is 3.77. The Bertz CT molecular complexity index is 781. The number of carbonyl (C=O) groups is 2. The number of rotatable bonds is 2. The van der Waals surface area contributed by atoms with Gasteiger partial charge in [0.05, 0.1) is 5.56 Å². The largest absolute Gasteiger partial charge is 0.344 e. The van der Waals surface area contributed by atoms with Crippen molar-refractivity contribution in [1.82, 2.24) is 15.2 Å². The van der Waals surface area contributed by atoms with Gasteiger partial charge in [0.25, 0.3) is 11.5 Å². The molecule has 1 aromatic heterocycles. The van der Waals surface area contributed by atoms with E-state index in [1.807, 2.05) is 0 Å². The van der Waals surface area contributed by atoms with Gasteiger partial charge in [-0.3, -0.25) is 14.4 Å². The molecule has 0 aliphatic carbocycles. The topological polar surface area (TPSA) is 82.3 Å². The van der Waals surface area contributed by atoms with Crippen molar-refractivity contribution in [1.29, 1.82) is 0 Å². The molecule has 1 saturated heterocycles. The van der Waals surface area contributed by atoms with Gasteiger partial charge in [-0.15, -0.1) is 0 Å². The maximum Gasteiger partial charge on any atom is 0.255 e. The van der Waals surface area contributed by atoms with E-state index in [1.54, 1.807) is 36.2 Å². The van der Waals surface area contributed by atoms with Crippen LogP contribution in [0.25, 0.3) is 10.8 Å². The number of benzene rings is 1. The van der Waals surface area contributed by atoms with Gasteiger partial charge in [-0.25, -0.2) is 0 Å². The Balaban J connectivity index is 1.94. The highest BCUT2D eigenvalue weighted by atomic mass is 16.2. The van der Waals surface area contributed by atoms with Gasteiger partial charge in [0.15, 0.2) is 0 Å². The molecule has 0 spiro atoms. The zero-order chi connectivity index (χ0) is 15.0. The minimum Gasteiger partial charge on any atom is -0.344 e. The van der Waals surface area contributed by atoms with E-state index in [4.69, 9.17) is 0 Å². The van der Waals surface area contributed by atoms with Crippen LogP contribution < -0.4 is 10.9 Å². The van der Waals surface area contributed by atoms with Crippen LogP contribution in [0.15, 0.2) is 35.3 Å². The second-order valence-corrected chi connectivity index (χ2v) is 5.15. The molecule has 1 aliphatic rings. The van der Waals surface area contributed by atoms with Gasteiger partial charge < -0.3 is 15.2 Å². The summed E-state index contributed by atoms with van der Waals surface area (Å²) < 4.78 is 0. The van der Waals surface area contributed by atoms with Crippen molar-refractivity contribution in [2.75, 3.05) is 13.6 Å². The number of aromatic nitrogens is 1. The molecule has 1 fully saturated rings. The number of hydrogen-bond acceptors (Lipinski definition) is 3. The van der Waals surface area contributed by atoms with Crippen LogP contribution in [-0.2, 0) is 4.79 Å². The molecule has 1 aliphatic heterocycles. The fourth-order valence-electron chi connectivity index (χ4n) is 2.59. The quantitative estimate of drug-likeness (QED) is 0.842. The van der Waals surface area contributed by atoms with E-state index in [2.05, 4.69) is 10.3 Å². The van der Waals surface area contributed by atoms with Gasteiger partial charge >= 0.3 is 0 Å². The van der Waals surface area contributed by atoms with E-state index in [0.717, 1.165) is 0 Å². The van der Waals surface area contributed by atoms with Crippen LogP contribution in [-0.4, -0.2) is 41.3 Å². The highest BCUT2D eigenvalue weighted by Gasteiger charge is 2.30. The summed E-state index contributed by atoms with van der Waals surface area (Å²) >= 11 is 0. The number of likely N-dealkylation sites (N-methyl/N-ethyl adjacent to an activating group) is 1. The van der Waals surface area contributed by atoms with Crippen LogP contribution in [0.2, 0.25) is 0 Å². The Hall–Kier alpha value is -2.63. The first-order chi connectivity index (χ1) is 10.1. The molecule has 2 heterocycles. The predicted molar refractivity (Wildman–Crippen MR) is 78.1 cm³/mol. The number of nitrogens with one attached hydrogen (secondary N) is 2. The van der Waals surface area contributed by atoms with E-state index in [-0.39, 0.29) is 17.4 Å². The lowest BCUT2D eigenvalue weighted by molar-refractivity contribution is -0.128. The molecule has 2 N–H and O–H groups in total. The highest BCUT2D eigenvalue weighted by Crippen LogP contribution is 2.15. The summed E-state index contributed by atoms with van der Waals surface area (Å²) in [6.07, 6.45) is 1.99. The Kier molecular flexibility index (Phi) is 3.21. The van der Waals surface area contributed by atoms with E-state index in [1.165, 1.54) is 6.20 Å². The number of H-pyrrole nitrogens is 1. The summed E-state index contributed by atoms with van der Waals surface area (Å²) in [6.45, 7) is 0.635. The summed E-state index contributed by atoms with van der Waals surface area (Å²) in [6, 6.07) is 6.41. The molecular formula is C15H15N3O3. The Morgan fingerprint density at radius 3 is 2.67 bits per heavy atom. The third kappa shape index (κ3) is 2.29. The zero-order valence-electron chi connectivity index (χ0n) is 11.6. The fourth-order valence-corrected chi connectivity index (χ4v) is 2.59. The number of carbonyl (C=O) groups excluding carboxylic acids is 2. The molecule has 6 nitrogen and oxygen atoms in total. The maximum absolute atomic E-state index is 12.4. The molecule has 0 bridgehead atoms. The van der Waals surface area contributed by atoms with Crippen molar-refractivity contribution < 1.29 is 9.59 Å². The average Bonchev–Trinajstić information content (AvgIpc) is 2.80. The number of likely N-dealkylation sites (tertiary alicyclic amines) is 1. The van der Waals surface area contributed by atoms with Crippen molar-refractivity contribution >= 4 is 22.6 Å². The van der Waals surface area contributed by atoms with Gasteiger partial charge in [0, 0.05) is 30.6 Å². The smallest absolute Gasteiger partial charge is 0.255 e. The first kappa shape index (κ1) is 13.4. The molecule has 0 saturated carbocycles. The molecule has 3 rings (SSSR count). The second kappa shape index (κ2) is 5.05. The molecule has 1 atom stereocenters. The molecule has 0 radical (unpaired) electrons. The van der Waals surface area contributed by atoms with Crippen LogP contribution in [0.1, 0.15) is 16.8 Å². The SMILES string of the molecule is CN1CC[C@H](NC(=O)c2c[nH]c(=O)c3ccccc23)C1=O. The van der Waals surface area contributed by atoms with Crippen LogP contribution in [0.5, 0.6) is 0 Å². The van der Waals surface area contributed by atoms with E-state index < -0.39 is 6.04 Å². The minimum absolute atomic E-state index is 0.0860. The summed E-state index contributed by atoms with van der Waals surface area (Å²) in [5.41, 5.74) is 0.131. The maximum atomic E-state index is 12.4. The standard InChI is InChI=1S/C15H15N3O3/c1-18-7-6-12(15(18)21)17-14(20)11-8-16-13(19)10-5-3-2-4-9(10)11/h2-5,8,12H,6-7H2,1H3,(H,16,19)(H,17,20)/t12-/m0/s1. The fraction of sp³-hybridized carbons (Fsp3) is 0.267. The van der Waals surface area contributed by atoms with Crippen LogP contribution in [0.3, 0.4) is 0 Å². The first-order valence-electron chi connectivity index (χ1n) is 6.74. The molecule has 21 heavy (non-hydrogen) atoms. The van der Waals surface area contributed by atoms with Crippen molar-refractivity contribution in [2.24, 2.45) is 0 Å². The monoisotopic (exact) mass is 285 g/mol. The molecule has 6 heteroatoms. The van der Waals surface area contributed by atoms with E-state index >= 15 is 0 Å². The lowest BCUT2D eigenvalue weighted by Crippen LogP contribution is -2.40. The Morgan fingerprint density at radius 2 is 2.00 bits per heavy atom. The molecule has 108 valence electrons.